The van der Waals surface area contributed by atoms with Crippen molar-refractivity contribution >= 4 is 5.97 Å². The molecule has 0 radical (unpaired) electrons. The van der Waals surface area contributed by atoms with Crippen LogP contribution in [0.2, 0.25) is 0 Å². The fraction of sp³-hybridized carbons (Fsp3) is 0.611. The van der Waals surface area contributed by atoms with E-state index < -0.39 is 97.0 Å². The summed E-state index contributed by atoms with van der Waals surface area (Å²) in [5.41, 5.74) is -2.73. The van der Waals surface area contributed by atoms with Crippen molar-refractivity contribution in [3.8, 4) is 17.2 Å². The van der Waals surface area contributed by atoms with Gasteiger partial charge in [-0.1, -0.05) is 0 Å². The molecule has 8 atom stereocenters. The molecule has 0 bridgehead atoms. The lowest BCUT2D eigenvalue weighted by Gasteiger charge is -2.41. The summed E-state index contributed by atoms with van der Waals surface area (Å²) in [5.74, 6) is -6.70. The van der Waals surface area contributed by atoms with Crippen LogP contribution >= 0.6 is 0 Å². The second-order valence-electron chi connectivity index (χ2n) is 7.67. The molecule has 10 N–H and O–H groups in total. The summed E-state index contributed by atoms with van der Waals surface area (Å²) >= 11 is 0. The van der Waals surface area contributed by atoms with Crippen molar-refractivity contribution in [2.45, 2.75) is 48.4 Å². The van der Waals surface area contributed by atoms with E-state index in [0.29, 0.717) is 0 Å². The van der Waals surface area contributed by atoms with Crippen LogP contribution < -0.4 is 4.74 Å². The maximum Gasteiger partial charge on any atom is 0.335 e. The van der Waals surface area contributed by atoms with Crippen molar-refractivity contribution in [2.24, 2.45) is 0 Å². The third-order valence-corrected chi connectivity index (χ3v) is 5.33. The number of aliphatic hydroxyl groups is 7. The zero-order valence-corrected chi connectivity index (χ0v) is 16.8. The topological polar surface area (TPSA) is 256 Å². The molecule has 0 aromatic heterocycles. The zero-order chi connectivity index (χ0) is 24.7. The first-order valence-electron chi connectivity index (χ1n) is 9.50. The van der Waals surface area contributed by atoms with E-state index in [9.17, 15) is 45.6 Å². The van der Waals surface area contributed by atoms with Crippen LogP contribution in [0.1, 0.15) is 10.4 Å². The number of aromatic carboxylic acids is 1. The Hall–Kier alpha value is -2.31. The highest BCUT2D eigenvalue weighted by Crippen LogP contribution is 2.39. The first kappa shape index (κ1) is 25.3. The van der Waals surface area contributed by atoms with Gasteiger partial charge in [0.2, 0.25) is 12.0 Å². The summed E-state index contributed by atoms with van der Waals surface area (Å²) in [6.07, 6.45) is -11.2. The van der Waals surface area contributed by atoms with Gasteiger partial charge < -0.3 is 70.0 Å². The van der Waals surface area contributed by atoms with Crippen molar-refractivity contribution < 1.29 is 74.8 Å². The fourth-order valence-corrected chi connectivity index (χ4v) is 3.26. The van der Waals surface area contributed by atoms with E-state index in [0.717, 1.165) is 12.1 Å². The molecule has 186 valence electrons. The van der Waals surface area contributed by atoms with Gasteiger partial charge in [0.1, 0.15) is 30.0 Å². The highest BCUT2D eigenvalue weighted by molar-refractivity contribution is 5.89. The van der Waals surface area contributed by atoms with Gasteiger partial charge in [0.25, 0.3) is 0 Å². The standard InChI is InChI=1S/C18H24O15/c19-4-17(28)5-31-18(29,16(17)27)30-3-9-11(22)12(23)13(24)15(33-9)32-8-2-6(14(25)26)1-7(20)10(8)21/h1-2,9,11-13,15-16,19-24,27-29H,3-5H2,(H,25,26)/t9-,11-,12+,13-,15+,16-,17-,18-/m1/s1. The highest BCUT2D eigenvalue weighted by atomic mass is 16.8. The number of carboxylic acids is 1. The van der Waals surface area contributed by atoms with Crippen molar-refractivity contribution in [1.82, 2.24) is 0 Å². The smallest absolute Gasteiger partial charge is 0.335 e. The molecule has 33 heavy (non-hydrogen) atoms. The predicted molar refractivity (Wildman–Crippen MR) is 98.9 cm³/mol. The molecular weight excluding hydrogens is 456 g/mol. The number of benzene rings is 1. The molecule has 2 heterocycles. The van der Waals surface area contributed by atoms with Crippen LogP contribution in [0.5, 0.6) is 17.2 Å². The quantitative estimate of drug-likeness (QED) is 0.131. The van der Waals surface area contributed by atoms with Crippen molar-refractivity contribution in [2.75, 3.05) is 19.8 Å². The molecule has 1 aromatic carbocycles. The minimum atomic E-state index is -2.82. The van der Waals surface area contributed by atoms with E-state index in [1.165, 1.54) is 0 Å². The average molecular weight is 480 g/mol. The lowest BCUT2D eigenvalue weighted by atomic mass is 9.98. The second kappa shape index (κ2) is 9.15. The Morgan fingerprint density at radius 1 is 1.09 bits per heavy atom. The van der Waals surface area contributed by atoms with Gasteiger partial charge in [-0.2, -0.15) is 0 Å². The van der Waals surface area contributed by atoms with E-state index in [4.69, 9.17) is 29.2 Å². The van der Waals surface area contributed by atoms with E-state index in [2.05, 4.69) is 0 Å². The Balaban J connectivity index is 1.75. The maximum atomic E-state index is 11.1. The van der Waals surface area contributed by atoms with Gasteiger partial charge in [0, 0.05) is 0 Å². The minimum absolute atomic E-state index is 0.489. The van der Waals surface area contributed by atoms with Crippen LogP contribution in [0.25, 0.3) is 0 Å². The SMILES string of the molecule is O=C(O)c1cc(O)c(O)c(O[C@H]2O[C@H](CO[C@@]3(O)OC[C@](O)(CO)[C@H]3O)[C@@H](O)[C@H](O)[C@H]2O)c1. The summed E-state index contributed by atoms with van der Waals surface area (Å²) in [7, 11) is 0. The lowest BCUT2D eigenvalue weighted by molar-refractivity contribution is -0.384. The van der Waals surface area contributed by atoms with Gasteiger partial charge in [0.15, 0.2) is 17.6 Å². The first-order chi connectivity index (χ1) is 15.3. The number of carbonyl (C=O) groups is 1. The number of ether oxygens (including phenoxy) is 4. The molecule has 15 heteroatoms. The van der Waals surface area contributed by atoms with Gasteiger partial charge >= 0.3 is 11.9 Å². The molecular formula is C18H24O15. The Labute approximate surface area is 184 Å². The van der Waals surface area contributed by atoms with Crippen LogP contribution in [0.4, 0.5) is 0 Å². The number of phenolic OH excluding ortho intramolecular Hbond substituents is 2. The van der Waals surface area contributed by atoms with Gasteiger partial charge in [-0.05, 0) is 12.1 Å². The zero-order valence-electron chi connectivity index (χ0n) is 16.8. The van der Waals surface area contributed by atoms with Gasteiger partial charge in [-0.15, -0.1) is 0 Å². The Kier molecular flexibility index (Phi) is 7.02. The highest BCUT2D eigenvalue weighted by Gasteiger charge is 2.59. The number of carboxylic acid groups (broad SMARTS) is 1. The Morgan fingerprint density at radius 3 is 2.33 bits per heavy atom. The lowest BCUT2D eigenvalue weighted by Crippen LogP contribution is -2.61. The Morgan fingerprint density at radius 2 is 1.76 bits per heavy atom. The molecule has 0 amide bonds. The molecule has 2 aliphatic heterocycles. The van der Waals surface area contributed by atoms with Crippen LogP contribution in [0.15, 0.2) is 12.1 Å². The van der Waals surface area contributed by atoms with Crippen LogP contribution in [-0.4, -0.2) is 125 Å². The summed E-state index contributed by atoms with van der Waals surface area (Å²) in [5, 5.41) is 98.5. The molecule has 2 fully saturated rings. The van der Waals surface area contributed by atoms with Gasteiger partial charge in [-0.25, -0.2) is 4.79 Å². The van der Waals surface area contributed by atoms with Gasteiger partial charge in [-0.3, -0.25) is 0 Å². The van der Waals surface area contributed by atoms with E-state index in [1.54, 1.807) is 0 Å². The van der Waals surface area contributed by atoms with E-state index >= 15 is 0 Å². The third kappa shape index (κ3) is 4.69. The largest absolute Gasteiger partial charge is 0.504 e. The molecule has 15 nitrogen and oxygen atoms in total. The molecule has 1 aromatic rings. The van der Waals surface area contributed by atoms with Crippen molar-refractivity contribution in [3.63, 3.8) is 0 Å². The third-order valence-electron chi connectivity index (χ3n) is 5.33. The maximum absolute atomic E-state index is 11.1. The molecule has 0 unspecified atom stereocenters. The normalized spacial score (nSPS) is 38.9. The fourth-order valence-electron chi connectivity index (χ4n) is 3.26. The van der Waals surface area contributed by atoms with E-state index in [-0.39, 0.29) is 0 Å². The van der Waals surface area contributed by atoms with Crippen molar-refractivity contribution in [1.29, 1.82) is 0 Å². The summed E-state index contributed by atoms with van der Waals surface area (Å²) in [6, 6.07) is 1.54. The van der Waals surface area contributed by atoms with Crippen LogP contribution in [0, 0.1) is 0 Å². The average Bonchev–Trinajstić information content (AvgIpc) is 3.01. The molecule has 3 rings (SSSR count). The minimum Gasteiger partial charge on any atom is -0.504 e. The molecule has 2 aliphatic rings. The number of rotatable bonds is 7. The molecule has 0 spiro atoms. The molecule has 0 saturated carbocycles. The molecule has 2 saturated heterocycles. The number of aliphatic hydroxyl groups excluding tert-OH is 5. The van der Waals surface area contributed by atoms with Crippen LogP contribution in [-0.2, 0) is 14.2 Å². The summed E-state index contributed by atoms with van der Waals surface area (Å²) < 4.78 is 20.3. The first-order valence-corrected chi connectivity index (χ1v) is 9.50. The predicted octanol–water partition coefficient (Wildman–Crippen LogP) is -4.24. The van der Waals surface area contributed by atoms with E-state index in [1.807, 2.05) is 0 Å². The van der Waals surface area contributed by atoms with Crippen molar-refractivity contribution in [3.05, 3.63) is 17.7 Å². The monoisotopic (exact) mass is 480 g/mol. The summed E-state index contributed by atoms with van der Waals surface area (Å²) in [4.78, 5) is 11.1. The summed E-state index contributed by atoms with van der Waals surface area (Å²) in [6.45, 7) is -2.49. The van der Waals surface area contributed by atoms with Gasteiger partial charge in [0.05, 0.1) is 25.4 Å². The number of phenols is 2. The Bertz CT molecular complexity index is 879. The molecule has 0 aliphatic carbocycles. The number of hydrogen-bond acceptors (Lipinski definition) is 14. The number of aromatic hydroxyl groups is 2. The number of hydrogen-bond donors (Lipinski definition) is 10. The second-order valence-corrected chi connectivity index (χ2v) is 7.67. The van der Waals surface area contributed by atoms with Crippen LogP contribution in [0.3, 0.4) is 0 Å².